The quantitative estimate of drug-likeness (QED) is 0.0323. The molecule has 0 heterocycles. The second-order valence-corrected chi connectivity index (χ2v) is 17.6. The van der Waals surface area contributed by atoms with E-state index in [0.29, 0.717) is 19.3 Å². The van der Waals surface area contributed by atoms with Crippen LogP contribution in [0.4, 0.5) is 0 Å². The molecular weight excluding hydrogens is 731 g/mol. The molecule has 0 aliphatic heterocycles. The number of nitrogens with one attached hydrogen (secondary N) is 1. The number of aliphatic hydroxyl groups excluding tert-OH is 2. The average molecular weight is 830 g/mol. The van der Waals surface area contributed by atoms with Crippen molar-refractivity contribution >= 4 is 11.9 Å². The van der Waals surface area contributed by atoms with E-state index in [1.807, 2.05) is 0 Å². The van der Waals surface area contributed by atoms with Crippen LogP contribution in [-0.4, -0.2) is 46.9 Å². The van der Waals surface area contributed by atoms with Gasteiger partial charge < -0.3 is 20.3 Å². The van der Waals surface area contributed by atoms with Gasteiger partial charge in [0.2, 0.25) is 5.91 Å². The van der Waals surface area contributed by atoms with Gasteiger partial charge in [0.05, 0.1) is 25.2 Å². The monoisotopic (exact) mass is 830 g/mol. The van der Waals surface area contributed by atoms with Gasteiger partial charge in [-0.15, -0.1) is 0 Å². The molecule has 6 heteroatoms. The van der Waals surface area contributed by atoms with E-state index in [2.05, 4.69) is 62.5 Å². The summed E-state index contributed by atoms with van der Waals surface area (Å²) in [7, 11) is 0. The zero-order valence-electron chi connectivity index (χ0n) is 39.4. The van der Waals surface area contributed by atoms with Crippen molar-refractivity contribution in [3.05, 3.63) is 36.5 Å². The molecule has 0 bridgehead atoms. The highest BCUT2D eigenvalue weighted by atomic mass is 16.5. The highest BCUT2D eigenvalue weighted by Crippen LogP contribution is 2.18. The lowest BCUT2D eigenvalue weighted by atomic mass is 10.0. The normalized spacial score (nSPS) is 13.5. The van der Waals surface area contributed by atoms with E-state index in [1.165, 1.54) is 135 Å². The average Bonchev–Trinajstić information content (AvgIpc) is 3.23. The Morgan fingerprint density at radius 2 is 0.898 bits per heavy atom. The minimum atomic E-state index is -0.789. The molecule has 0 aliphatic rings. The number of carbonyl (C=O) groups is 2. The standard InChI is InChI=1S/C53H99NO5/c1-4-7-10-13-16-19-22-24-25-26-27-29-30-32-35-38-41-44-49(59-53(58)46-43-40-37-34-21-18-15-12-9-6-3)47-52(57)54-50(48-55)51(56)45-42-39-36-33-31-28-23-20-17-14-11-8-5-2/h12,15-16,19,24-25,49-51,55-56H,4-11,13-14,17-18,20-23,26-48H2,1-3H3,(H,54,57)/b15-12-,19-16-,25-24-. The van der Waals surface area contributed by atoms with Gasteiger partial charge in [0, 0.05) is 6.42 Å². The van der Waals surface area contributed by atoms with Gasteiger partial charge in [-0.1, -0.05) is 211 Å². The Balaban J connectivity index is 4.56. The van der Waals surface area contributed by atoms with E-state index >= 15 is 0 Å². The Bertz CT molecular complexity index is 977. The second kappa shape index (κ2) is 47.1. The Labute approximate surface area is 366 Å². The van der Waals surface area contributed by atoms with E-state index < -0.39 is 18.2 Å². The predicted molar refractivity (Wildman–Crippen MR) is 255 cm³/mol. The largest absolute Gasteiger partial charge is 0.462 e. The van der Waals surface area contributed by atoms with E-state index in [-0.39, 0.29) is 24.9 Å². The van der Waals surface area contributed by atoms with E-state index in [4.69, 9.17) is 4.74 Å². The first-order valence-corrected chi connectivity index (χ1v) is 25.7. The third-order valence-electron chi connectivity index (χ3n) is 11.7. The van der Waals surface area contributed by atoms with Gasteiger partial charge in [-0.25, -0.2) is 0 Å². The van der Waals surface area contributed by atoms with Crippen LogP contribution < -0.4 is 5.32 Å². The molecule has 3 atom stereocenters. The number of esters is 1. The zero-order valence-corrected chi connectivity index (χ0v) is 39.4. The number of ether oxygens (including phenoxy) is 1. The first kappa shape index (κ1) is 57.1. The molecule has 59 heavy (non-hydrogen) atoms. The van der Waals surface area contributed by atoms with Gasteiger partial charge in [0.1, 0.15) is 6.10 Å². The van der Waals surface area contributed by atoms with Crippen LogP contribution in [0.2, 0.25) is 0 Å². The molecule has 0 saturated heterocycles. The van der Waals surface area contributed by atoms with Crippen molar-refractivity contribution in [2.45, 2.75) is 283 Å². The van der Waals surface area contributed by atoms with Crippen LogP contribution in [0.1, 0.15) is 265 Å². The number of rotatable bonds is 46. The molecule has 0 aromatic rings. The molecular formula is C53H99NO5. The molecule has 6 nitrogen and oxygen atoms in total. The molecule has 0 rings (SSSR count). The molecule has 0 aromatic carbocycles. The van der Waals surface area contributed by atoms with E-state index in [1.54, 1.807) is 0 Å². The summed E-state index contributed by atoms with van der Waals surface area (Å²) < 4.78 is 5.92. The number of hydrogen-bond acceptors (Lipinski definition) is 5. The maximum Gasteiger partial charge on any atom is 0.306 e. The predicted octanol–water partition coefficient (Wildman–Crippen LogP) is 15.3. The van der Waals surface area contributed by atoms with Crippen molar-refractivity contribution < 1.29 is 24.5 Å². The maximum absolute atomic E-state index is 13.2. The van der Waals surface area contributed by atoms with Gasteiger partial charge in [-0.05, 0) is 77.0 Å². The van der Waals surface area contributed by atoms with Crippen LogP contribution in [0, 0.1) is 0 Å². The first-order valence-electron chi connectivity index (χ1n) is 25.7. The summed E-state index contributed by atoms with van der Waals surface area (Å²) in [6, 6.07) is -0.703. The van der Waals surface area contributed by atoms with Crippen molar-refractivity contribution in [1.82, 2.24) is 5.32 Å². The molecule has 1 amide bonds. The number of allylic oxidation sites excluding steroid dienone is 6. The fourth-order valence-electron chi connectivity index (χ4n) is 7.76. The van der Waals surface area contributed by atoms with Gasteiger partial charge in [0.25, 0.3) is 0 Å². The van der Waals surface area contributed by atoms with Crippen molar-refractivity contribution in [2.75, 3.05) is 6.61 Å². The Kier molecular flexibility index (Phi) is 45.6. The number of unbranched alkanes of at least 4 members (excludes halogenated alkanes) is 28. The van der Waals surface area contributed by atoms with Crippen LogP contribution in [-0.2, 0) is 14.3 Å². The summed E-state index contributed by atoms with van der Waals surface area (Å²) in [5.41, 5.74) is 0. The molecule has 0 radical (unpaired) electrons. The zero-order chi connectivity index (χ0) is 43.1. The second-order valence-electron chi connectivity index (χ2n) is 17.6. The van der Waals surface area contributed by atoms with E-state index in [0.717, 1.165) is 83.5 Å². The van der Waals surface area contributed by atoms with Crippen LogP contribution in [0.25, 0.3) is 0 Å². The van der Waals surface area contributed by atoms with Crippen molar-refractivity contribution in [3.63, 3.8) is 0 Å². The van der Waals surface area contributed by atoms with Crippen LogP contribution in [0.15, 0.2) is 36.5 Å². The molecule has 0 fully saturated rings. The van der Waals surface area contributed by atoms with Crippen LogP contribution in [0.3, 0.4) is 0 Å². The Hall–Kier alpha value is -1.92. The lowest BCUT2D eigenvalue weighted by Crippen LogP contribution is -2.46. The summed E-state index contributed by atoms with van der Waals surface area (Å²) >= 11 is 0. The molecule has 346 valence electrons. The van der Waals surface area contributed by atoms with Gasteiger partial charge in [0.15, 0.2) is 0 Å². The van der Waals surface area contributed by atoms with Crippen LogP contribution in [0.5, 0.6) is 0 Å². The fourth-order valence-corrected chi connectivity index (χ4v) is 7.76. The van der Waals surface area contributed by atoms with Crippen molar-refractivity contribution in [1.29, 1.82) is 0 Å². The molecule has 3 unspecified atom stereocenters. The molecule has 3 N–H and O–H groups in total. The van der Waals surface area contributed by atoms with Gasteiger partial charge in [-0.3, -0.25) is 9.59 Å². The van der Waals surface area contributed by atoms with Gasteiger partial charge in [-0.2, -0.15) is 0 Å². The third-order valence-corrected chi connectivity index (χ3v) is 11.7. The SMILES string of the molecule is CCC/C=C\CCCCCCCC(=O)OC(CCCCCCCCC/C=C\C/C=C\CCCCC)CC(=O)NC(CO)C(O)CCCCCCCCCCCCCCC. The molecule has 0 saturated carbocycles. The summed E-state index contributed by atoms with van der Waals surface area (Å²) in [5.74, 6) is -0.486. The minimum absolute atomic E-state index is 0.0708. The molecule has 0 aliphatic carbocycles. The summed E-state index contributed by atoms with van der Waals surface area (Å²) in [4.78, 5) is 26.1. The highest BCUT2D eigenvalue weighted by Gasteiger charge is 2.24. The Morgan fingerprint density at radius 3 is 1.41 bits per heavy atom. The number of carbonyl (C=O) groups excluding carboxylic acids is 2. The molecule has 0 spiro atoms. The smallest absolute Gasteiger partial charge is 0.306 e. The number of amides is 1. The highest BCUT2D eigenvalue weighted by molar-refractivity contribution is 5.77. The van der Waals surface area contributed by atoms with Gasteiger partial charge >= 0.3 is 5.97 Å². The van der Waals surface area contributed by atoms with Crippen LogP contribution >= 0.6 is 0 Å². The number of aliphatic hydroxyl groups is 2. The maximum atomic E-state index is 13.2. The van der Waals surface area contributed by atoms with Crippen molar-refractivity contribution in [3.8, 4) is 0 Å². The summed E-state index contributed by atoms with van der Waals surface area (Å²) in [5, 5.41) is 23.8. The summed E-state index contributed by atoms with van der Waals surface area (Å²) in [6.07, 6.45) is 54.9. The minimum Gasteiger partial charge on any atom is -0.462 e. The summed E-state index contributed by atoms with van der Waals surface area (Å²) in [6.45, 7) is 6.40. The fraction of sp³-hybridized carbons (Fsp3) is 0.849. The van der Waals surface area contributed by atoms with E-state index in [9.17, 15) is 19.8 Å². The lowest BCUT2D eigenvalue weighted by Gasteiger charge is -2.24. The topological polar surface area (TPSA) is 95.9 Å². The number of hydrogen-bond donors (Lipinski definition) is 3. The Morgan fingerprint density at radius 1 is 0.492 bits per heavy atom. The lowest BCUT2D eigenvalue weighted by molar-refractivity contribution is -0.151. The molecule has 0 aromatic heterocycles. The van der Waals surface area contributed by atoms with Crippen molar-refractivity contribution in [2.24, 2.45) is 0 Å². The first-order chi connectivity index (χ1) is 29.0. The third kappa shape index (κ3) is 42.6.